The second-order valence-electron chi connectivity index (χ2n) is 4.14. The summed E-state index contributed by atoms with van der Waals surface area (Å²) in [6, 6.07) is 10.1. The Morgan fingerprint density at radius 1 is 1.00 bits per heavy atom. The van der Waals surface area contributed by atoms with Crippen LogP contribution in [-0.2, 0) is 0 Å². The molecule has 0 amide bonds. The third kappa shape index (κ3) is 3.32. The van der Waals surface area contributed by atoms with Crippen molar-refractivity contribution < 1.29 is 4.52 Å². The molecule has 98 valence electrons. The summed E-state index contributed by atoms with van der Waals surface area (Å²) in [7, 11) is -0.698. The molecule has 0 bridgehead atoms. The predicted molar refractivity (Wildman–Crippen MR) is 77.6 cm³/mol. The van der Waals surface area contributed by atoms with Crippen molar-refractivity contribution in [1.82, 2.24) is 9.34 Å². The average Bonchev–Trinajstić information content (AvgIpc) is 2.62. The van der Waals surface area contributed by atoms with Gasteiger partial charge in [-0.3, -0.25) is 0 Å². The summed E-state index contributed by atoms with van der Waals surface area (Å²) in [6.45, 7) is 8.36. The molecule has 0 aromatic heterocycles. The Kier molecular flexibility index (Phi) is 5.18. The van der Waals surface area contributed by atoms with E-state index in [1.165, 1.54) is 0 Å². The Hall–Kier alpha value is -0.890. The molecule has 0 saturated carbocycles. The van der Waals surface area contributed by atoms with Gasteiger partial charge in [0.2, 0.25) is 8.45 Å². The first-order valence-corrected chi connectivity index (χ1v) is 7.69. The minimum atomic E-state index is -0.698. The maximum Gasteiger partial charge on any atom is 0.248 e. The fourth-order valence-electron chi connectivity index (χ4n) is 1.90. The fraction of sp³-hybridized carbons (Fsp3) is 0.429. The maximum absolute atomic E-state index is 6.22. The molecule has 1 aromatic rings. The lowest BCUT2D eigenvalue weighted by Crippen LogP contribution is -2.29. The Morgan fingerprint density at radius 3 is 2.06 bits per heavy atom. The topological polar surface area (TPSA) is 15.7 Å². The lowest BCUT2D eigenvalue weighted by atomic mass is 10.3. The molecule has 0 saturated heterocycles. The zero-order valence-electron chi connectivity index (χ0n) is 11.1. The largest absolute Gasteiger partial charge is 0.444 e. The number of rotatable bonds is 4. The van der Waals surface area contributed by atoms with E-state index in [0.29, 0.717) is 0 Å². The SMILES string of the molecule is CCN1CC=CCN(CC)P1Oc1ccccc1. The van der Waals surface area contributed by atoms with Gasteiger partial charge in [0.25, 0.3) is 0 Å². The fourth-order valence-corrected chi connectivity index (χ4v) is 3.75. The Labute approximate surface area is 111 Å². The number of likely N-dealkylation sites (N-methyl/N-ethyl adjacent to an activating group) is 2. The molecule has 0 atom stereocenters. The van der Waals surface area contributed by atoms with Gasteiger partial charge in [0, 0.05) is 26.2 Å². The van der Waals surface area contributed by atoms with Crippen molar-refractivity contribution in [2.45, 2.75) is 13.8 Å². The summed E-state index contributed by atoms with van der Waals surface area (Å²) >= 11 is 0. The maximum atomic E-state index is 6.22. The van der Waals surface area contributed by atoms with Crippen molar-refractivity contribution in [3.8, 4) is 5.75 Å². The minimum Gasteiger partial charge on any atom is -0.444 e. The molecular formula is C14H21N2OP. The molecule has 18 heavy (non-hydrogen) atoms. The second-order valence-corrected chi connectivity index (χ2v) is 5.96. The molecular weight excluding hydrogens is 243 g/mol. The van der Waals surface area contributed by atoms with Crippen LogP contribution in [0.5, 0.6) is 5.75 Å². The van der Waals surface area contributed by atoms with E-state index in [9.17, 15) is 0 Å². The number of para-hydroxylation sites is 1. The summed E-state index contributed by atoms with van der Waals surface area (Å²) in [5.41, 5.74) is 0. The molecule has 1 aliphatic heterocycles. The Bertz CT molecular complexity index is 367. The average molecular weight is 264 g/mol. The first-order valence-electron chi connectivity index (χ1n) is 6.53. The number of benzene rings is 1. The van der Waals surface area contributed by atoms with Gasteiger partial charge in [-0.05, 0) is 12.1 Å². The van der Waals surface area contributed by atoms with Gasteiger partial charge in [-0.15, -0.1) is 0 Å². The highest BCUT2D eigenvalue weighted by Gasteiger charge is 2.27. The van der Waals surface area contributed by atoms with E-state index in [1.54, 1.807) is 0 Å². The van der Waals surface area contributed by atoms with Crippen molar-refractivity contribution in [3.05, 3.63) is 42.5 Å². The van der Waals surface area contributed by atoms with Crippen molar-refractivity contribution >= 4 is 8.45 Å². The van der Waals surface area contributed by atoms with Gasteiger partial charge in [0.05, 0.1) is 0 Å². The van der Waals surface area contributed by atoms with Gasteiger partial charge in [-0.25, -0.2) is 9.34 Å². The third-order valence-electron chi connectivity index (χ3n) is 2.94. The summed E-state index contributed by atoms with van der Waals surface area (Å²) in [4.78, 5) is 0. The van der Waals surface area contributed by atoms with Gasteiger partial charge in [0.15, 0.2) is 0 Å². The van der Waals surface area contributed by atoms with Crippen molar-refractivity contribution in [1.29, 1.82) is 0 Å². The van der Waals surface area contributed by atoms with Crippen LogP contribution in [0.3, 0.4) is 0 Å². The summed E-state index contributed by atoms with van der Waals surface area (Å²) in [5.74, 6) is 0.961. The first kappa shape index (κ1) is 13.5. The van der Waals surface area contributed by atoms with Crippen LogP contribution >= 0.6 is 8.45 Å². The lowest BCUT2D eigenvalue weighted by Gasteiger charge is -2.34. The molecule has 3 nitrogen and oxygen atoms in total. The van der Waals surface area contributed by atoms with Gasteiger partial charge < -0.3 is 4.52 Å². The van der Waals surface area contributed by atoms with Crippen LogP contribution in [0, 0.1) is 0 Å². The minimum absolute atomic E-state index is 0.698. The monoisotopic (exact) mass is 264 g/mol. The van der Waals surface area contributed by atoms with Crippen molar-refractivity contribution in [2.24, 2.45) is 0 Å². The van der Waals surface area contributed by atoms with E-state index >= 15 is 0 Å². The molecule has 0 fully saturated rings. The zero-order valence-corrected chi connectivity index (χ0v) is 12.0. The van der Waals surface area contributed by atoms with E-state index in [-0.39, 0.29) is 0 Å². The molecule has 0 spiro atoms. The van der Waals surface area contributed by atoms with E-state index < -0.39 is 8.45 Å². The van der Waals surface area contributed by atoms with Gasteiger partial charge >= 0.3 is 0 Å². The standard InChI is InChI=1S/C14H21N2OP/c1-3-15-12-8-9-13-16(4-2)18(15)17-14-10-6-5-7-11-14/h5-11H,3-4,12-13H2,1-2H3. The van der Waals surface area contributed by atoms with E-state index in [2.05, 4.69) is 35.3 Å². The van der Waals surface area contributed by atoms with Crippen LogP contribution in [0.25, 0.3) is 0 Å². The van der Waals surface area contributed by atoms with Crippen LogP contribution in [0.4, 0.5) is 0 Å². The number of hydrogen-bond donors (Lipinski definition) is 0. The molecule has 0 radical (unpaired) electrons. The quantitative estimate of drug-likeness (QED) is 0.611. The zero-order chi connectivity index (χ0) is 12.8. The molecule has 1 heterocycles. The second kappa shape index (κ2) is 6.89. The summed E-state index contributed by atoms with van der Waals surface area (Å²) in [6.07, 6.45) is 4.48. The molecule has 1 aromatic carbocycles. The Balaban J connectivity index is 2.14. The van der Waals surface area contributed by atoms with Gasteiger partial charge in [-0.1, -0.05) is 44.2 Å². The number of nitrogens with zero attached hydrogens (tertiary/aromatic N) is 2. The van der Waals surface area contributed by atoms with E-state index in [1.807, 2.05) is 30.3 Å². The van der Waals surface area contributed by atoms with Crippen molar-refractivity contribution in [3.63, 3.8) is 0 Å². The van der Waals surface area contributed by atoms with Crippen LogP contribution in [0.15, 0.2) is 42.5 Å². The normalized spacial score (nSPS) is 18.8. The summed E-state index contributed by atoms with van der Waals surface area (Å²) in [5, 5.41) is 0. The highest BCUT2D eigenvalue weighted by molar-refractivity contribution is 7.47. The lowest BCUT2D eigenvalue weighted by molar-refractivity contribution is 0.383. The van der Waals surface area contributed by atoms with Crippen LogP contribution < -0.4 is 4.52 Å². The van der Waals surface area contributed by atoms with Crippen LogP contribution in [0.2, 0.25) is 0 Å². The van der Waals surface area contributed by atoms with Crippen LogP contribution in [0.1, 0.15) is 13.8 Å². The van der Waals surface area contributed by atoms with Gasteiger partial charge in [0.1, 0.15) is 5.75 Å². The van der Waals surface area contributed by atoms with E-state index in [4.69, 9.17) is 4.52 Å². The molecule has 2 rings (SSSR count). The van der Waals surface area contributed by atoms with E-state index in [0.717, 1.165) is 31.9 Å². The summed E-state index contributed by atoms with van der Waals surface area (Å²) < 4.78 is 11.0. The molecule has 1 aliphatic rings. The molecule has 0 aliphatic carbocycles. The smallest absolute Gasteiger partial charge is 0.248 e. The van der Waals surface area contributed by atoms with Crippen molar-refractivity contribution in [2.75, 3.05) is 26.2 Å². The number of hydrogen-bond acceptors (Lipinski definition) is 3. The highest BCUT2D eigenvalue weighted by atomic mass is 31.2. The molecule has 4 heteroatoms. The molecule has 0 unspecified atom stereocenters. The molecule has 0 N–H and O–H groups in total. The van der Waals surface area contributed by atoms with Gasteiger partial charge in [-0.2, -0.15) is 0 Å². The first-order chi connectivity index (χ1) is 8.85. The Morgan fingerprint density at radius 2 is 1.56 bits per heavy atom. The van der Waals surface area contributed by atoms with Crippen LogP contribution in [-0.4, -0.2) is 35.5 Å². The highest BCUT2D eigenvalue weighted by Crippen LogP contribution is 2.46. The predicted octanol–water partition coefficient (Wildman–Crippen LogP) is 3.51. The third-order valence-corrected chi connectivity index (χ3v) is 5.18.